The highest BCUT2D eigenvalue weighted by Crippen LogP contribution is 2.18. The predicted molar refractivity (Wildman–Crippen MR) is 59.7 cm³/mol. The van der Waals surface area contributed by atoms with Gasteiger partial charge in [-0.25, -0.2) is 0 Å². The van der Waals surface area contributed by atoms with Crippen LogP contribution in [0.2, 0.25) is 0 Å². The molecule has 5 nitrogen and oxygen atoms in total. The molecule has 1 aromatic rings. The van der Waals surface area contributed by atoms with E-state index in [9.17, 15) is 0 Å². The van der Waals surface area contributed by atoms with Crippen molar-refractivity contribution >= 4 is 6.01 Å². The van der Waals surface area contributed by atoms with Gasteiger partial charge in [-0.05, 0) is 27.3 Å². The van der Waals surface area contributed by atoms with E-state index in [0.29, 0.717) is 18.5 Å². The highest BCUT2D eigenvalue weighted by atomic mass is 16.4. The van der Waals surface area contributed by atoms with Crippen LogP contribution in [0.15, 0.2) is 4.42 Å². The van der Waals surface area contributed by atoms with Gasteiger partial charge in [0.25, 0.3) is 0 Å². The summed E-state index contributed by atoms with van der Waals surface area (Å²) in [5, 5.41) is 14.0. The van der Waals surface area contributed by atoms with E-state index in [1.807, 2.05) is 7.05 Å². The lowest BCUT2D eigenvalue weighted by molar-refractivity contribution is 0.451. The Kier molecular flexibility index (Phi) is 4.08. The summed E-state index contributed by atoms with van der Waals surface area (Å²) in [6.07, 6.45) is 2.19. The fourth-order valence-corrected chi connectivity index (χ4v) is 1.50. The molecular formula is C10H20N4O. The van der Waals surface area contributed by atoms with Gasteiger partial charge in [0.05, 0.1) is 6.54 Å². The lowest BCUT2D eigenvalue weighted by atomic mass is 9.99. The Morgan fingerprint density at radius 3 is 2.67 bits per heavy atom. The van der Waals surface area contributed by atoms with E-state index < -0.39 is 0 Å². The van der Waals surface area contributed by atoms with E-state index in [1.165, 1.54) is 0 Å². The number of hydrogen-bond donors (Lipinski definition) is 2. The number of nitrogens with one attached hydrogen (secondary N) is 2. The molecule has 0 spiro atoms. The zero-order valence-corrected chi connectivity index (χ0v) is 9.92. The number of hydrogen-bond acceptors (Lipinski definition) is 5. The Labute approximate surface area is 90.7 Å². The Morgan fingerprint density at radius 2 is 2.07 bits per heavy atom. The fourth-order valence-electron chi connectivity index (χ4n) is 1.50. The smallest absolute Gasteiger partial charge is 0.315 e. The highest BCUT2D eigenvalue weighted by Gasteiger charge is 2.19. The highest BCUT2D eigenvalue weighted by molar-refractivity contribution is 5.22. The maximum absolute atomic E-state index is 5.41. The maximum Gasteiger partial charge on any atom is 0.315 e. The third-order valence-corrected chi connectivity index (χ3v) is 2.12. The van der Waals surface area contributed by atoms with Gasteiger partial charge in [0.1, 0.15) is 0 Å². The number of aromatic nitrogens is 2. The van der Waals surface area contributed by atoms with Gasteiger partial charge in [-0.1, -0.05) is 18.4 Å². The van der Waals surface area contributed by atoms with E-state index in [2.05, 4.69) is 41.6 Å². The zero-order valence-electron chi connectivity index (χ0n) is 9.92. The minimum Gasteiger partial charge on any atom is -0.407 e. The first-order valence-electron chi connectivity index (χ1n) is 5.32. The standard InChI is InChI=1S/C10H20N4O/c1-5-6-10(2,3)12-9-14-13-8(15-9)7-11-4/h11H,5-7H2,1-4H3,(H,12,14). The first kappa shape index (κ1) is 12.0. The molecule has 0 bridgehead atoms. The van der Waals surface area contributed by atoms with Crippen LogP contribution in [-0.2, 0) is 6.54 Å². The molecular weight excluding hydrogens is 192 g/mol. The molecule has 0 unspecified atom stereocenters. The van der Waals surface area contributed by atoms with Gasteiger partial charge in [0, 0.05) is 5.54 Å². The quantitative estimate of drug-likeness (QED) is 0.752. The average Bonchev–Trinajstić information content (AvgIpc) is 2.52. The molecule has 5 heteroatoms. The van der Waals surface area contributed by atoms with Crippen molar-refractivity contribution in [3.05, 3.63) is 5.89 Å². The van der Waals surface area contributed by atoms with Crippen LogP contribution in [0.5, 0.6) is 0 Å². The van der Waals surface area contributed by atoms with Crippen LogP contribution in [0.1, 0.15) is 39.5 Å². The summed E-state index contributed by atoms with van der Waals surface area (Å²) in [6, 6.07) is 0.499. The van der Waals surface area contributed by atoms with E-state index in [-0.39, 0.29) is 5.54 Å². The summed E-state index contributed by atoms with van der Waals surface area (Å²) in [5.74, 6) is 0.604. The fraction of sp³-hybridized carbons (Fsp3) is 0.800. The molecule has 0 atom stereocenters. The number of rotatable bonds is 6. The molecule has 0 amide bonds. The zero-order chi connectivity index (χ0) is 11.3. The maximum atomic E-state index is 5.41. The predicted octanol–water partition coefficient (Wildman–Crippen LogP) is 1.78. The Balaban J connectivity index is 2.56. The second kappa shape index (κ2) is 5.11. The molecule has 0 saturated heterocycles. The van der Waals surface area contributed by atoms with Crippen LogP contribution in [0.25, 0.3) is 0 Å². The third-order valence-electron chi connectivity index (χ3n) is 2.12. The van der Waals surface area contributed by atoms with Gasteiger partial charge in [0.2, 0.25) is 5.89 Å². The lowest BCUT2D eigenvalue weighted by Crippen LogP contribution is -2.30. The average molecular weight is 212 g/mol. The molecule has 1 aromatic heterocycles. The van der Waals surface area contributed by atoms with Crippen molar-refractivity contribution in [1.82, 2.24) is 15.5 Å². The molecule has 2 N–H and O–H groups in total. The van der Waals surface area contributed by atoms with Gasteiger partial charge >= 0.3 is 6.01 Å². The van der Waals surface area contributed by atoms with Crippen LogP contribution in [0, 0.1) is 0 Å². The van der Waals surface area contributed by atoms with E-state index in [4.69, 9.17) is 4.42 Å². The largest absolute Gasteiger partial charge is 0.407 e. The van der Waals surface area contributed by atoms with Crippen molar-refractivity contribution in [2.45, 2.75) is 45.7 Å². The molecule has 0 fully saturated rings. The molecule has 15 heavy (non-hydrogen) atoms. The van der Waals surface area contributed by atoms with E-state index in [1.54, 1.807) is 0 Å². The molecule has 0 aliphatic heterocycles. The number of anilines is 1. The topological polar surface area (TPSA) is 63.0 Å². The van der Waals surface area contributed by atoms with Crippen LogP contribution in [-0.4, -0.2) is 22.8 Å². The Morgan fingerprint density at radius 1 is 1.33 bits per heavy atom. The van der Waals surface area contributed by atoms with Crippen molar-refractivity contribution in [1.29, 1.82) is 0 Å². The van der Waals surface area contributed by atoms with Gasteiger partial charge < -0.3 is 15.1 Å². The van der Waals surface area contributed by atoms with Crippen molar-refractivity contribution in [2.24, 2.45) is 0 Å². The SMILES string of the molecule is CCCC(C)(C)Nc1nnc(CNC)o1. The van der Waals surface area contributed by atoms with Crippen LogP contribution < -0.4 is 10.6 Å². The molecule has 0 aliphatic rings. The van der Waals surface area contributed by atoms with Gasteiger partial charge in [-0.3, -0.25) is 0 Å². The molecule has 86 valence electrons. The Bertz CT molecular complexity index is 295. The molecule has 0 saturated carbocycles. The molecule has 0 aliphatic carbocycles. The second-order valence-corrected chi connectivity index (χ2v) is 4.29. The summed E-state index contributed by atoms with van der Waals surface area (Å²) in [7, 11) is 1.85. The lowest BCUT2D eigenvalue weighted by Gasteiger charge is -2.23. The van der Waals surface area contributed by atoms with Crippen molar-refractivity contribution in [2.75, 3.05) is 12.4 Å². The monoisotopic (exact) mass is 212 g/mol. The minimum absolute atomic E-state index is 0.00179. The summed E-state index contributed by atoms with van der Waals surface area (Å²) >= 11 is 0. The van der Waals surface area contributed by atoms with E-state index in [0.717, 1.165) is 12.8 Å². The van der Waals surface area contributed by atoms with Crippen LogP contribution in [0.3, 0.4) is 0 Å². The normalized spacial score (nSPS) is 11.7. The third kappa shape index (κ3) is 3.87. The van der Waals surface area contributed by atoms with Gasteiger partial charge in [-0.2, -0.15) is 0 Å². The van der Waals surface area contributed by atoms with Gasteiger partial charge in [0.15, 0.2) is 0 Å². The molecule has 1 rings (SSSR count). The number of nitrogens with zero attached hydrogens (tertiary/aromatic N) is 2. The Hall–Kier alpha value is -1.10. The first-order chi connectivity index (χ1) is 7.07. The van der Waals surface area contributed by atoms with Crippen molar-refractivity contribution < 1.29 is 4.42 Å². The molecule has 1 heterocycles. The summed E-state index contributed by atoms with van der Waals surface area (Å²) in [6.45, 7) is 7.00. The molecule has 0 aromatic carbocycles. The van der Waals surface area contributed by atoms with E-state index >= 15 is 0 Å². The van der Waals surface area contributed by atoms with Crippen molar-refractivity contribution in [3.8, 4) is 0 Å². The second-order valence-electron chi connectivity index (χ2n) is 4.29. The van der Waals surface area contributed by atoms with Crippen LogP contribution >= 0.6 is 0 Å². The summed E-state index contributed by atoms with van der Waals surface area (Å²) < 4.78 is 5.41. The molecule has 0 radical (unpaired) electrons. The summed E-state index contributed by atoms with van der Waals surface area (Å²) in [4.78, 5) is 0. The van der Waals surface area contributed by atoms with Crippen LogP contribution in [0.4, 0.5) is 6.01 Å². The first-order valence-corrected chi connectivity index (χ1v) is 5.32. The minimum atomic E-state index is -0.00179. The van der Waals surface area contributed by atoms with Gasteiger partial charge in [-0.15, -0.1) is 5.10 Å². The van der Waals surface area contributed by atoms with Crippen molar-refractivity contribution in [3.63, 3.8) is 0 Å². The summed E-state index contributed by atoms with van der Waals surface area (Å²) in [5.41, 5.74) is -0.00179.